The number of nitrogens with zero attached hydrogens (tertiary/aromatic N) is 2. The summed E-state index contributed by atoms with van der Waals surface area (Å²) in [6, 6.07) is 78.8. The SMILES string of the molecule is c1ccc(-c2cc(-c3ccccc3)cc(N(c3ccccc3)c3ccc(-c4cccc5c(-c6ccccc6)c6ccc7ccccc7n6c45)cc3)c2)cc1. The van der Waals surface area contributed by atoms with Crippen molar-refractivity contribution in [3.63, 3.8) is 0 Å². The molecule has 2 heterocycles. The normalized spacial score (nSPS) is 11.3. The monoisotopic (exact) mass is 688 g/mol. The third-order valence-electron chi connectivity index (χ3n) is 10.5. The summed E-state index contributed by atoms with van der Waals surface area (Å²) in [5.41, 5.74) is 16.5. The second-order valence-corrected chi connectivity index (χ2v) is 13.8. The van der Waals surface area contributed by atoms with Gasteiger partial charge >= 0.3 is 0 Å². The Labute approximate surface area is 315 Å². The van der Waals surface area contributed by atoms with E-state index in [9.17, 15) is 0 Å². The van der Waals surface area contributed by atoms with Crippen LogP contribution in [0.2, 0.25) is 0 Å². The average Bonchev–Trinajstić information content (AvgIpc) is 3.60. The molecule has 0 amide bonds. The Morgan fingerprint density at radius 1 is 0.315 bits per heavy atom. The maximum atomic E-state index is 2.46. The zero-order valence-corrected chi connectivity index (χ0v) is 29.7. The van der Waals surface area contributed by atoms with E-state index in [1.54, 1.807) is 0 Å². The minimum Gasteiger partial charge on any atom is -0.310 e. The van der Waals surface area contributed by atoms with Gasteiger partial charge in [0.25, 0.3) is 0 Å². The molecule has 0 radical (unpaired) electrons. The average molecular weight is 689 g/mol. The van der Waals surface area contributed by atoms with Gasteiger partial charge in [0, 0.05) is 33.6 Å². The van der Waals surface area contributed by atoms with Crippen LogP contribution in [0.3, 0.4) is 0 Å². The minimum absolute atomic E-state index is 1.09. The first kappa shape index (κ1) is 31.6. The number of fused-ring (bicyclic) bond motifs is 5. The van der Waals surface area contributed by atoms with Crippen LogP contribution in [-0.2, 0) is 0 Å². The summed E-state index contributed by atoms with van der Waals surface area (Å²) in [6.07, 6.45) is 0. The van der Waals surface area contributed by atoms with Gasteiger partial charge in [-0.15, -0.1) is 0 Å². The highest BCUT2D eigenvalue weighted by Crippen LogP contribution is 2.43. The fraction of sp³-hybridized carbons (Fsp3) is 0. The molecule has 0 fully saturated rings. The molecule has 0 aliphatic carbocycles. The molecule has 0 atom stereocenters. The third kappa shape index (κ3) is 5.53. The van der Waals surface area contributed by atoms with Crippen molar-refractivity contribution in [2.45, 2.75) is 0 Å². The molecule has 0 saturated heterocycles. The lowest BCUT2D eigenvalue weighted by Gasteiger charge is -2.27. The molecule has 2 heteroatoms. The van der Waals surface area contributed by atoms with Crippen LogP contribution in [0.5, 0.6) is 0 Å². The smallest absolute Gasteiger partial charge is 0.0619 e. The summed E-state index contributed by atoms with van der Waals surface area (Å²) in [4.78, 5) is 2.37. The summed E-state index contributed by atoms with van der Waals surface area (Å²) in [5.74, 6) is 0. The molecule has 2 nitrogen and oxygen atoms in total. The molecular formula is C52H36N2. The number of para-hydroxylation sites is 3. The van der Waals surface area contributed by atoms with Gasteiger partial charge in [0.15, 0.2) is 0 Å². The number of hydrogen-bond donors (Lipinski definition) is 0. The van der Waals surface area contributed by atoms with Crippen LogP contribution in [0.4, 0.5) is 17.1 Å². The van der Waals surface area contributed by atoms with E-state index in [2.05, 4.69) is 228 Å². The number of anilines is 3. The van der Waals surface area contributed by atoms with Crippen molar-refractivity contribution in [3.8, 4) is 44.5 Å². The van der Waals surface area contributed by atoms with E-state index >= 15 is 0 Å². The first-order valence-corrected chi connectivity index (χ1v) is 18.5. The first-order valence-electron chi connectivity index (χ1n) is 18.5. The third-order valence-corrected chi connectivity index (χ3v) is 10.5. The van der Waals surface area contributed by atoms with Gasteiger partial charge in [0.1, 0.15) is 0 Å². The van der Waals surface area contributed by atoms with Gasteiger partial charge in [0.05, 0.1) is 16.6 Å². The first-order chi connectivity index (χ1) is 26.8. The molecule has 0 bridgehead atoms. The zero-order valence-electron chi connectivity index (χ0n) is 29.7. The Hall–Kier alpha value is -7.16. The predicted octanol–water partition coefficient (Wildman–Crippen LogP) is 14.4. The van der Waals surface area contributed by atoms with Crippen molar-refractivity contribution < 1.29 is 0 Å². The van der Waals surface area contributed by atoms with Gasteiger partial charge in [-0.25, -0.2) is 0 Å². The van der Waals surface area contributed by atoms with Crippen molar-refractivity contribution in [2.75, 3.05) is 4.90 Å². The topological polar surface area (TPSA) is 7.65 Å². The second kappa shape index (κ2) is 13.4. The Kier molecular flexibility index (Phi) is 7.85. The largest absolute Gasteiger partial charge is 0.310 e. The molecule has 10 rings (SSSR count). The van der Waals surface area contributed by atoms with Crippen LogP contribution in [0.1, 0.15) is 0 Å². The quantitative estimate of drug-likeness (QED) is 0.162. The van der Waals surface area contributed by atoms with Crippen LogP contribution < -0.4 is 4.90 Å². The van der Waals surface area contributed by atoms with Crippen molar-refractivity contribution in [2.24, 2.45) is 0 Å². The van der Waals surface area contributed by atoms with Crippen molar-refractivity contribution in [1.29, 1.82) is 0 Å². The second-order valence-electron chi connectivity index (χ2n) is 13.8. The van der Waals surface area contributed by atoms with Crippen LogP contribution in [-0.4, -0.2) is 4.40 Å². The zero-order chi connectivity index (χ0) is 35.8. The summed E-state index contributed by atoms with van der Waals surface area (Å²) in [7, 11) is 0. The molecule has 0 saturated carbocycles. The van der Waals surface area contributed by atoms with Crippen molar-refractivity contribution >= 4 is 44.4 Å². The highest BCUT2D eigenvalue weighted by molar-refractivity contribution is 6.13. The van der Waals surface area contributed by atoms with E-state index in [0.29, 0.717) is 0 Å². The highest BCUT2D eigenvalue weighted by atomic mass is 15.1. The Bertz CT molecular complexity index is 2840. The summed E-state index contributed by atoms with van der Waals surface area (Å²) in [5, 5.41) is 2.47. The lowest BCUT2D eigenvalue weighted by Crippen LogP contribution is -2.10. The van der Waals surface area contributed by atoms with E-state index in [-0.39, 0.29) is 0 Å². The van der Waals surface area contributed by atoms with Crippen LogP contribution in [0.25, 0.3) is 71.8 Å². The molecule has 54 heavy (non-hydrogen) atoms. The molecule has 254 valence electrons. The predicted molar refractivity (Wildman–Crippen MR) is 229 cm³/mol. The molecule has 0 unspecified atom stereocenters. The van der Waals surface area contributed by atoms with Gasteiger partial charge in [-0.3, -0.25) is 0 Å². The number of aromatic nitrogens is 1. The molecule has 2 aromatic heterocycles. The van der Waals surface area contributed by atoms with Gasteiger partial charge in [-0.2, -0.15) is 0 Å². The number of rotatable bonds is 7. The fourth-order valence-electron chi connectivity index (χ4n) is 8.06. The lowest BCUT2D eigenvalue weighted by molar-refractivity contribution is 1.28. The van der Waals surface area contributed by atoms with Crippen LogP contribution in [0.15, 0.2) is 218 Å². The van der Waals surface area contributed by atoms with Crippen molar-refractivity contribution in [1.82, 2.24) is 4.40 Å². The molecule has 0 aliphatic heterocycles. The van der Waals surface area contributed by atoms with E-state index < -0.39 is 0 Å². The lowest BCUT2D eigenvalue weighted by atomic mass is 9.97. The van der Waals surface area contributed by atoms with E-state index in [0.717, 1.165) is 17.1 Å². The summed E-state index contributed by atoms with van der Waals surface area (Å²) < 4.78 is 2.46. The minimum atomic E-state index is 1.09. The Morgan fingerprint density at radius 2 is 0.870 bits per heavy atom. The number of hydrogen-bond acceptors (Lipinski definition) is 1. The molecule has 0 N–H and O–H groups in total. The van der Waals surface area contributed by atoms with Crippen molar-refractivity contribution in [3.05, 3.63) is 218 Å². The number of benzene rings is 8. The fourth-order valence-corrected chi connectivity index (χ4v) is 8.06. The Morgan fingerprint density at radius 3 is 1.52 bits per heavy atom. The van der Waals surface area contributed by atoms with Gasteiger partial charge in [-0.05, 0) is 93.4 Å². The van der Waals surface area contributed by atoms with Gasteiger partial charge in [0.2, 0.25) is 0 Å². The van der Waals surface area contributed by atoms with Crippen LogP contribution >= 0.6 is 0 Å². The van der Waals surface area contributed by atoms with Gasteiger partial charge in [-0.1, -0.05) is 164 Å². The van der Waals surface area contributed by atoms with E-state index in [1.807, 2.05) is 0 Å². The standard InChI is InChI=1S/C52H36N2/c1-5-16-37(17-6-1)42-34-43(38-18-7-2-8-19-38)36-46(35-42)53(44-23-11-4-12-24-44)45-31-28-39(29-32-45)47-25-15-26-48-51(41-21-9-3-10-22-41)50-33-30-40-20-13-14-27-49(40)54(50)52(47)48/h1-36H. The summed E-state index contributed by atoms with van der Waals surface area (Å²) >= 11 is 0. The highest BCUT2D eigenvalue weighted by Gasteiger charge is 2.20. The van der Waals surface area contributed by atoms with Gasteiger partial charge < -0.3 is 9.30 Å². The maximum Gasteiger partial charge on any atom is 0.0619 e. The molecule has 0 spiro atoms. The van der Waals surface area contributed by atoms with E-state index in [1.165, 1.54) is 71.8 Å². The number of pyridine rings is 1. The maximum absolute atomic E-state index is 2.46. The molecule has 0 aliphatic rings. The summed E-state index contributed by atoms with van der Waals surface area (Å²) in [6.45, 7) is 0. The Balaban J connectivity index is 1.16. The molecule has 8 aromatic carbocycles. The van der Waals surface area contributed by atoms with Crippen LogP contribution in [0, 0.1) is 0 Å². The molecular weight excluding hydrogens is 653 g/mol. The molecule has 10 aromatic rings. The van der Waals surface area contributed by atoms with E-state index in [4.69, 9.17) is 0 Å².